The second kappa shape index (κ2) is 9.61. The summed E-state index contributed by atoms with van der Waals surface area (Å²) >= 11 is 0. The molecule has 34 heavy (non-hydrogen) atoms. The van der Waals surface area contributed by atoms with Gasteiger partial charge in [0.05, 0.1) is 52.9 Å². The van der Waals surface area contributed by atoms with E-state index in [9.17, 15) is 17.6 Å². The Labute approximate surface area is 197 Å². The van der Waals surface area contributed by atoms with E-state index < -0.39 is 21.7 Å². The Bertz CT molecular complexity index is 1360. The van der Waals surface area contributed by atoms with E-state index in [-0.39, 0.29) is 46.0 Å². The van der Waals surface area contributed by atoms with Crippen molar-refractivity contribution in [1.82, 2.24) is 14.3 Å². The van der Waals surface area contributed by atoms with E-state index >= 15 is 0 Å². The van der Waals surface area contributed by atoms with E-state index in [1.165, 1.54) is 28.6 Å². The van der Waals surface area contributed by atoms with E-state index in [0.717, 1.165) is 6.07 Å². The summed E-state index contributed by atoms with van der Waals surface area (Å²) in [5.74, 6) is -1.01. The van der Waals surface area contributed by atoms with Crippen LogP contribution in [-0.4, -0.2) is 61.5 Å². The number of aryl methyl sites for hydroxylation is 2. The van der Waals surface area contributed by atoms with Crippen LogP contribution in [0.25, 0.3) is 11.0 Å². The number of carbonyl (C=O) groups is 1. The lowest BCUT2D eigenvalue weighted by molar-refractivity contribution is 0.0730. The minimum atomic E-state index is -3.80. The maximum absolute atomic E-state index is 14.3. The lowest BCUT2D eigenvalue weighted by atomic mass is 10.1. The number of amides is 1. The summed E-state index contributed by atoms with van der Waals surface area (Å²) in [6.45, 7) is 6.67. The molecule has 0 unspecified atom stereocenters. The Kier molecular flexibility index (Phi) is 6.78. The number of carbonyl (C=O) groups excluding carboxylic acids is 1. The van der Waals surface area contributed by atoms with Crippen molar-refractivity contribution >= 4 is 32.7 Å². The molecule has 0 saturated carbocycles. The second-order valence-corrected chi connectivity index (χ2v) is 9.72. The predicted octanol–water partition coefficient (Wildman–Crippen LogP) is 3.06. The smallest absolute Gasteiger partial charge is 0.258 e. The third-order valence-corrected chi connectivity index (χ3v) is 7.39. The number of halogens is 1. The van der Waals surface area contributed by atoms with E-state index in [2.05, 4.69) is 15.3 Å². The molecule has 0 bridgehead atoms. The van der Waals surface area contributed by atoms with Crippen molar-refractivity contribution in [2.45, 2.75) is 25.7 Å². The van der Waals surface area contributed by atoms with Crippen LogP contribution in [0.4, 0.5) is 10.1 Å². The molecule has 2 aromatic carbocycles. The molecule has 180 valence electrons. The van der Waals surface area contributed by atoms with E-state index in [0.29, 0.717) is 31.2 Å². The Morgan fingerprint density at radius 2 is 1.85 bits per heavy atom. The van der Waals surface area contributed by atoms with Crippen molar-refractivity contribution in [3.63, 3.8) is 0 Å². The zero-order valence-corrected chi connectivity index (χ0v) is 19.9. The van der Waals surface area contributed by atoms with Gasteiger partial charge < -0.3 is 14.8 Å². The van der Waals surface area contributed by atoms with Gasteiger partial charge in [0.25, 0.3) is 5.91 Å². The highest BCUT2D eigenvalue weighted by atomic mass is 32.2. The van der Waals surface area contributed by atoms with Crippen molar-refractivity contribution < 1.29 is 27.1 Å². The van der Waals surface area contributed by atoms with Gasteiger partial charge in [0.1, 0.15) is 17.1 Å². The second-order valence-electron chi connectivity index (χ2n) is 7.78. The van der Waals surface area contributed by atoms with Crippen molar-refractivity contribution in [1.29, 1.82) is 0 Å². The first-order valence-corrected chi connectivity index (χ1v) is 12.3. The Morgan fingerprint density at radius 1 is 1.15 bits per heavy atom. The normalized spacial score (nSPS) is 14.8. The molecule has 11 heteroatoms. The van der Waals surface area contributed by atoms with Crippen LogP contribution in [-0.2, 0) is 14.8 Å². The quantitative estimate of drug-likeness (QED) is 0.568. The lowest BCUT2D eigenvalue weighted by Crippen LogP contribution is -2.40. The minimum absolute atomic E-state index is 0.00325. The first-order valence-electron chi connectivity index (χ1n) is 10.8. The number of ether oxygens (including phenoxy) is 2. The molecule has 9 nitrogen and oxygen atoms in total. The van der Waals surface area contributed by atoms with Gasteiger partial charge >= 0.3 is 0 Å². The number of anilines is 1. The van der Waals surface area contributed by atoms with E-state index in [1.54, 1.807) is 20.8 Å². The number of benzene rings is 2. The molecular weight excluding hydrogens is 463 g/mol. The number of hydrogen-bond acceptors (Lipinski definition) is 7. The fourth-order valence-electron chi connectivity index (χ4n) is 3.65. The molecular formula is C23H25FN4O5S. The Morgan fingerprint density at radius 3 is 2.56 bits per heavy atom. The molecule has 1 aliphatic heterocycles. The van der Waals surface area contributed by atoms with Crippen LogP contribution in [0.3, 0.4) is 0 Å². The van der Waals surface area contributed by atoms with Gasteiger partial charge in [-0.15, -0.1) is 0 Å². The standard InChI is InChI=1S/C23H25FN4O5S/c1-4-33-21-6-5-17(34(30,31)28-7-9-32-10-8-28)13-19(21)27-23(29)18-11-16(24)12-20-22(18)26-15(3)14(2)25-20/h5-6,11-13H,4,7-10H2,1-3H3,(H,27,29). The molecule has 1 N–H and O–H groups in total. The molecule has 1 aromatic heterocycles. The molecule has 1 amide bonds. The largest absolute Gasteiger partial charge is 0.492 e. The first-order chi connectivity index (χ1) is 16.2. The molecule has 3 aromatic rings. The van der Waals surface area contributed by atoms with Crippen molar-refractivity contribution in [2.24, 2.45) is 0 Å². The average Bonchev–Trinajstić information content (AvgIpc) is 2.81. The van der Waals surface area contributed by atoms with Gasteiger partial charge in [-0.1, -0.05) is 0 Å². The van der Waals surface area contributed by atoms with Gasteiger partial charge in [-0.25, -0.2) is 22.8 Å². The number of nitrogens with one attached hydrogen (secondary N) is 1. The van der Waals surface area contributed by atoms with Gasteiger partial charge in [0.15, 0.2) is 0 Å². The van der Waals surface area contributed by atoms with Gasteiger partial charge in [0, 0.05) is 19.2 Å². The number of rotatable bonds is 6. The SMILES string of the molecule is CCOc1ccc(S(=O)(=O)N2CCOCC2)cc1NC(=O)c1cc(F)cc2nc(C)c(C)nc12. The first kappa shape index (κ1) is 24.0. The van der Waals surface area contributed by atoms with Crippen LogP contribution in [0.2, 0.25) is 0 Å². The maximum atomic E-state index is 14.3. The molecule has 1 aliphatic rings. The molecule has 2 heterocycles. The summed E-state index contributed by atoms with van der Waals surface area (Å²) in [6, 6.07) is 6.56. The number of aromatic nitrogens is 2. The van der Waals surface area contributed by atoms with Gasteiger partial charge in [-0.2, -0.15) is 4.31 Å². The summed E-state index contributed by atoms with van der Waals surface area (Å²) in [5, 5.41) is 2.67. The van der Waals surface area contributed by atoms with Gasteiger partial charge in [-0.3, -0.25) is 4.79 Å². The number of morpholine rings is 1. The lowest BCUT2D eigenvalue weighted by Gasteiger charge is -2.26. The molecule has 1 saturated heterocycles. The van der Waals surface area contributed by atoms with Crippen molar-refractivity contribution in [3.8, 4) is 5.75 Å². The zero-order chi connectivity index (χ0) is 24.5. The van der Waals surface area contributed by atoms with E-state index in [4.69, 9.17) is 9.47 Å². The van der Waals surface area contributed by atoms with Crippen LogP contribution in [0, 0.1) is 19.7 Å². The molecule has 0 aliphatic carbocycles. The third kappa shape index (κ3) is 4.72. The van der Waals surface area contributed by atoms with Crippen molar-refractivity contribution in [3.05, 3.63) is 53.1 Å². The summed E-state index contributed by atoms with van der Waals surface area (Å²) in [5.41, 5.74) is 1.87. The van der Waals surface area contributed by atoms with Gasteiger partial charge in [0.2, 0.25) is 10.0 Å². The number of fused-ring (bicyclic) bond motifs is 1. The molecule has 0 spiro atoms. The summed E-state index contributed by atoms with van der Waals surface area (Å²) in [4.78, 5) is 22.0. The Balaban J connectivity index is 1.74. The topological polar surface area (TPSA) is 111 Å². The highest BCUT2D eigenvalue weighted by Gasteiger charge is 2.27. The van der Waals surface area contributed by atoms with Crippen LogP contribution in [0.1, 0.15) is 28.7 Å². The maximum Gasteiger partial charge on any atom is 0.258 e. The monoisotopic (exact) mass is 488 g/mol. The molecule has 4 rings (SSSR count). The van der Waals surface area contributed by atoms with Crippen molar-refractivity contribution in [2.75, 3.05) is 38.2 Å². The molecule has 0 radical (unpaired) electrons. The Hall–Kier alpha value is -3.15. The molecule has 0 atom stereocenters. The average molecular weight is 489 g/mol. The summed E-state index contributed by atoms with van der Waals surface area (Å²) < 4.78 is 52.7. The summed E-state index contributed by atoms with van der Waals surface area (Å²) in [6.07, 6.45) is 0. The van der Waals surface area contributed by atoms with Crippen LogP contribution >= 0.6 is 0 Å². The minimum Gasteiger partial charge on any atom is -0.492 e. The number of sulfonamides is 1. The van der Waals surface area contributed by atoms with Crippen LogP contribution in [0.15, 0.2) is 35.2 Å². The highest BCUT2D eigenvalue weighted by Crippen LogP contribution is 2.31. The fourth-order valence-corrected chi connectivity index (χ4v) is 5.08. The third-order valence-electron chi connectivity index (χ3n) is 5.50. The zero-order valence-electron chi connectivity index (χ0n) is 19.1. The van der Waals surface area contributed by atoms with Gasteiger partial charge in [-0.05, 0) is 45.0 Å². The predicted molar refractivity (Wildman–Crippen MR) is 124 cm³/mol. The summed E-state index contributed by atoms with van der Waals surface area (Å²) in [7, 11) is -3.80. The fraction of sp³-hybridized carbons (Fsp3) is 0.348. The van der Waals surface area contributed by atoms with Crippen LogP contribution in [0.5, 0.6) is 5.75 Å². The number of hydrogen-bond donors (Lipinski definition) is 1. The van der Waals surface area contributed by atoms with E-state index in [1.807, 2.05) is 0 Å². The molecule has 1 fully saturated rings. The number of nitrogens with zero attached hydrogens (tertiary/aromatic N) is 3. The highest BCUT2D eigenvalue weighted by molar-refractivity contribution is 7.89. The van der Waals surface area contributed by atoms with Crippen LogP contribution < -0.4 is 10.1 Å².